The first-order valence-electron chi connectivity index (χ1n) is 18.4. The smallest absolute Gasteiger partial charge is 0.305 e. The lowest BCUT2D eigenvalue weighted by atomic mass is 9.42. The van der Waals surface area contributed by atoms with Crippen LogP contribution < -0.4 is 0 Å². The highest BCUT2D eigenvalue weighted by Crippen LogP contribution is 2.70. The van der Waals surface area contributed by atoms with Crippen LogP contribution in [-0.2, 0) is 18.4 Å². The number of hydrogen-bond donors (Lipinski definition) is 0. The minimum Gasteiger partial charge on any atom is -0.469 e. The van der Waals surface area contributed by atoms with E-state index in [1.807, 2.05) is 0 Å². The molecule has 4 aliphatic carbocycles. The van der Waals surface area contributed by atoms with E-state index in [1.54, 1.807) is 0 Å². The van der Waals surface area contributed by atoms with Gasteiger partial charge in [-0.15, -0.1) is 0 Å². The molecule has 0 radical (unpaired) electrons. The van der Waals surface area contributed by atoms with Crippen LogP contribution in [-0.4, -0.2) is 41.9 Å². The van der Waals surface area contributed by atoms with Gasteiger partial charge in [0, 0.05) is 6.42 Å². The molecule has 44 heavy (non-hydrogen) atoms. The van der Waals surface area contributed by atoms with Crippen molar-refractivity contribution in [3.05, 3.63) is 0 Å². The minimum atomic E-state index is -2.08. The zero-order valence-electron chi connectivity index (χ0n) is 31.7. The highest BCUT2D eigenvalue weighted by molar-refractivity contribution is 6.74. The molecule has 0 aliphatic heterocycles. The van der Waals surface area contributed by atoms with Gasteiger partial charge < -0.3 is 13.6 Å². The van der Waals surface area contributed by atoms with E-state index in [4.69, 9.17) is 13.6 Å². The summed E-state index contributed by atoms with van der Waals surface area (Å²) in [5.41, 5.74) is 0.603. The van der Waals surface area contributed by atoms with Gasteiger partial charge in [-0.05, 0) is 133 Å². The van der Waals surface area contributed by atoms with Crippen molar-refractivity contribution in [1.82, 2.24) is 0 Å². The van der Waals surface area contributed by atoms with Gasteiger partial charge in [0.2, 0.25) is 0 Å². The predicted octanol–water partition coefficient (Wildman–Crippen LogP) is 10.9. The summed E-state index contributed by atoms with van der Waals surface area (Å²) in [6.07, 6.45) is 11.0. The van der Waals surface area contributed by atoms with Crippen molar-refractivity contribution in [2.45, 2.75) is 175 Å². The number of fused-ring (bicyclic) bond motifs is 5. The van der Waals surface area contributed by atoms with Gasteiger partial charge in [0.05, 0.1) is 19.3 Å². The Morgan fingerprint density at radius 2 is 1.32 bits per heavy atom. The zero-order chi connectivity index (χ0) is 33.3. The van der Waals surface area contributed by atoms with Gasteiger partial charge in [0.1, 0.15) is 0 Å². The van der Waals surface area contributed by atoms with Gasteiger partial charge >= 0.3 is 5.97 Å². The van der Waals surface area contributed by atoms with Gasteiger partial charge in [-0.25, -0.2) is 0 Å². The van der Waals surface area contributed by atoms with Crippen molar-refractivity contribution in [1.29, 1.82) is 0 Å². The molecule has 0 spiro atoms. The number of hydrogen-bond acceptors (Lipinski definition) is 4. The number of rotatable bonds is 8. The van der Waals surface area contributed by atoms with Crippen molar-refractivity contribution in [2.24, 2.45) is 52.3 Å². The van der Waals surface area contributed by atoms with Crippen molar-refractivity contribution in [3.8, 4) is 0 Å². The lowest BCUT2D eigenvalue weighted by Crippen LogP contribution is -2.68. The van der Waals surface area contributed by atoms with Crippen molar-refractivity contribution >= 4 is 22.6 Å². The van der Waals surface area contributed by atoms with Gasteiger partial charge in [-0.2, -0.15) is 0 Å². The molecule has 4 aliphatic rings. The van der Waals surface area contributed by atoms with Crippen LogP contribution in [0.25, 0.3) is 0 Å². The fourth-order valence-corrected chi connectivity index (χ4v) is 13.0. The summed E-state index contributed by atoms with van der Waals surface area (Å²) in [5, 5.41) is 0.319. The standard InChI is InChI=1S/C38H72O4Si2/c1-25-20-22-38(10)29-21-23-37(9)27(26(2)16-19-31(39)40-11)17-18-28(37)32(29)34(42-44(14,15)36(6,7)8)33(30(38)24-25)41-43(12,13)35(3,4)5/h25-30,32-34H,16-24H2,1-15H3/t25-,26-,27-,28?,29?,30?,32?,33-,34?,37-,38-/m1/s1. The number of ether oxygens (including phenoxy) is 1. The van der Waals surface area contributed by atoms with Crippen molar-refractivity contribution in [2.75, 3.05) is 7.11 Å². The van der Waals surface area contributed by atoms with E-state index in [0.717, 1.165) is 12.3 Å². The van der Waals surface area contributed by atoms with Crippen LogP contribution in [0.3, 0.4) is 0 Å². The Balaban J connectivity index is 1.82. The Kier molecular flexibility index (Phi) is 10.3. The van der Waals surface area contributed by atoms with E-state index in [2.05, 4.69) is 95.4 Å². The van der Waals surface area contributed by atoms with E-state index >= 15 is 0 Å². The number of carbonyl (C=O) groups is 1. The molecule has 0 bridgehead atoms. The molecule has 0 amide bonds. The molecule has 0 aromatic rings. The highest BCUT2D eigenvalue weighted by Gasteiger charge is 2.67. The maximum absolute atomic E-state index is 12.1. The third-order valence-corrected chi connectivity index (χ3v) is 24.2. The minimum absolute atomic E-state index is 0.0634. The Morgan fingerprint density at radius 3 is 1.86 bits per heavy atom. The molecular formula is C38H72O4Si2. The first kappa shape index (κ1) is 36.7. The third kappa shape index (κ3) is 6.47. The molecule has 4 saturated carbocycles. The summed E-state index contributed by atoms with van der Waals surface area (Å²) in [7, 11) is -2.62. The summed E-state index contributed by atoms with van der Waals surface area (Å²) < 4.78 is 20.6. The molecule has 4 fully saturated rings. The maximum atomic E-state index is 12.1. The maximum Gasteiger partial charge on any atom is 0.305 e. The number of esters is 1. The predicted molar refractivity (Wildman–Crippen MR) is 190 cm³/mol. The molecule has 11 atom stereocenters. The summed E-state index contributed by atoms with van der Waals surface area (Å²) in [5.74, 6) is 4.35. The molecule has 4 nitrogen and oxygen atoms in total. The SMILES string of the molecule is COC(=O)CC[C@@H](C)[C@H]1CCC2C3C(O[Si](C)(C)C(C)(C)C)[C@H](O[Si](C)(C)C(C)(C)C)C4C[C@H](C)CC[C@]4(C)C3CC[C@@]21C. The topological polar surface area (TPSA) is 44.8 Å². The summed E-state index contributed by atoms with van der Waals surface area (Å²) in [4.78, 5) is 12.1. The van der Waals surface area contributed by atoms with E-state index in [0.29, 0.717) is 52.8 Å². The molecule has 0 heterocycles. The molecule has 0 aromatic heterocycles. The van der Waals surface area contributed by atoms with Crippen LogP contribution in [0, 0.1) is 52.3 Å². The lowest BCUT2D eigenvalue weighted by Gasteiger charge is -2.67. The van der Waals surface area contributed by atoms with Gasteiger partial charge in [0.15, 0.2) is 16.6 Å². The molecule has 5 unspecified atom stereocenters. The second-order valence-corrected chi connectivity index (χ2v) is 29.3. The highest BCUT2D eigenvalue weighted by atomic mass is 28.4. The van der Waals surface area contributed by atoms with Crippen LogP contribution in [0.15, 0.2) is 0 Å². The Labute approximate surface area is 275 Å². The number of carbonyl (C=O) groups excluding carboxylic acids is 1. The summed E-state index contributed by atoms with van der Waals surface area (Å²) in [6, 6.07) is 0. The monoisotopic (exact) mass is 648 g/mol. The second-order valence-electron chi connectivity index (χ2n) is 19.8. The third-order valence-electron chi connectivity index (χ3n) is 15.2. The molecule has 0 saturated heterocycles. The van der Waals surface area contributed by atoms with Crippen LogP contribution in [0.2, 0.25) is 36.3 Å². The lowest BCUT2D eigenvalue weighted by molar-refractivity contribution is -0.210. The first-order chi connectivity index (χ1) is 20.0. The summed E-state index contributed by atoms with van der Waals surface area (Å²) in [6.45, 7) is 34.6. The Bertz CT molecular complexity index is 1030. The van der Waals surface area contributed by atoms with Crippen LogP contribution in [0.4, 0.5) is 0 Å². The number of methoxy groups -OCH3 is 1. The zero-order valence-corrected chi connectivity index (χ0v) is 33.7. The fourth-order valence-electron chi connectivity index (χ4n) is 10.4. The van der Waals surface area contributed by atoms with Crippen LogP contribution in [0.1, 0.15) is 127 Å². The Hall–Kier alpha value is -0.176. The molecule has 256 valence electrons. The van der Waals surface area contributed by atoms with Gasteiger partial charge in [-0.1, -0.05) is 75.7 Å². The molecule has 4 rings (SSSR count). The van der Waals surface area contributed by atoms with E-state index < -0.39 is 16.6 Å². The average molecular weight is 649 g/mol. The quantitative estimate of drug-likeness (QED) is 0.194. The second kappa shape index (κ2) is 12.4. The molecule has 0 N–H and O–H groups in total. The molecule has 0 aromatic carbocycles. The average Bonchev–Trinajstić information content (AvgIpc) is 3.25. The van der Waals surface area contributed by atoms with Crippen LogP contribution >= 0.6 is 0 Å². The van der Waals surface area contributed by atoms with Gasteiger partial charge in [0.25, 0.3) is 0 Å². The molecule has 6 heteroatoms. The van der Waals surface area contributed by atoms with E-state index in [-0.39, 0.29) is 28.3 Å². The summed E-state index contributed by atoms with van der Waals surface area (Å²) >= 11 is 0. The van der Waals surface area contributed by atoms with E-state index in [1.165, 1.54) is 52.1 Å². The first-order valence-corrected chi connectivity index (χ1v) is 24.2. The van der Waals surface area contributed by atoms with E-state index in [9.17, 15) is 4.79 Å². The van der Waals surface area contributed by atoms with Gasteiger partial charge in [-0.3, -0.25) is 4.79 Å². The fraction of sp³-hybridized carbons (Fsp3) is 0.974. The Morgan fingerprint density at radius 1 is 0.795 bits per heavy atom. The van der Waals surface area contributed by atoms with Crippen molar-refractivity contribution in [3.63, 3.8) is 0 Å². The van der Waals surface area contributed by atoms with Crippen molar-refractivity contribution < 1.29 is 18.4 Å². The normalized spacial score (nSPS) is 40.5. The largest absolute Gasteiger partial charge is 0.469 e. The molecular weight excluding hydrogens is 577 g/mol. The van der Waals surface area contributed by atoms with Crippen LogP contribution in [0.5, 0.6) is 0 Å².